The highest BCUT2D eigenvalue weighted by Crippen LogP contribution is 2.12. The Hall–Kier alpha value is -2.57. The Morgan fingerprint density at radius 2 is 1.95 bits per heavy atom. The van der Waals surface area contributed by atoms with Crippen LogP contribution in [0.25, 0.3) is 0 Å². The number of carbonyl (C=O) groups is 1. The number of rotatable bonds is 6. The first kappa shape index (κ1) is 17.5. The fourth-order valence-corrected chi connectivity index (χ4v) is 1.96. The number of anilines is 1. The molecule has 22 heavy (non-hydrogen) atoms. The molecule has 4 N–H and O–H groups in total. The predicted octanol–water partition coefficient (Wildman–Crippen LogP) is 0.611. The van der Waals surface area contributed by atoms with Gasteiger partial charge < -0.3 is 15.6 Å². The third-order valence-corrected chi connectivity index (χ3v) is 3.47. The average Bonchev–Trinajstić information content (AvgIpc) is 2.45. The second-order valence-corrected chi connectivity index (χ2v) is 5.71. The number of primary sulfonamides is 1. The SMILES string of the molecule is CCOC(=O)/C(C#N)=C(\C)NNc1ccc(S(N)(=O)=O)cc1. The van der Waals surface area contributed by atoms with Crippen molar-refractivity contribution in [3.63, 3.8) is 0 Å². The summed E-state index contributed by atoms with van der Waals surface area (Å²) in [6.45, 7) is 3.34. The molecule has 0 fully saturated rings. The van der Waals surface area contributed by atoms with Gasteiger partial charge >= 0.3 is 5.97 Å². The molecule has 0 atom stereocenters. The molecule has 0 saturated heterocycles. The molecule has 118 valence electrons. The molecule has 0 aliphatic heterocycles. The van der Waals surface area contributed by atoms with Gasteiger partial charge in [-0.1, -0.05) is 0 Å². The van der Waals surface area contributed by atoms with Gasteiger partial charge in [0.15, 0.2) is 5.57 Å². The Morgan fingerprint density at radius 1 is 1.36 bits per heavy atom. The molecular formula is C13H16N4O4S. The monoisotopic (exact) mass is 324 g/mol. The quantitative estimate of drug-likeness (QED) is 0.302. The number of nitrogens with zero attached hydrogens (tertiary/aromatic N) is 1. The molecule has 1 aromatic rings. The van der Waals surface area contributed by atoms with Crippen LogP contribution in [0.4, 0.5) is 5.69 Å². The molecule has 0 bridgehead atoms. The number of nitrogens with one attached hydrogen (secondary N) is 2. The highest BCUT2D eigenvalue weighted by Gasteiger charge is 2.13. The maximum atomic E-state index is 11.5. The molecule has 0 amide bonds. The van der Waals surface area contributed by atoms with Crippen molar-refractivity contribution in [1.29, 1.82) is 5.26 Å². The van der Waals surface area contributed by atoms with Gasteiger partial charge in [-0.15, -0.1) is 0 Å². The summed E-state index contributed by atoms with van der Waals surface area (Å²) in [5, 5.41) is 13.9. The molecule has 0 heterocycles. The van der Waals surface area contributed by atoms with E-state index in [0.717, 1.165) is 0 Å². The van der Waals surface area contributed by atoms with Crippen molar-refractivity contribution >= 4 is 21.7 Å². The number of esters is 1. The standard InChI is InChI=1S/C13H16N4O4S/c1-3-21-13(18)12(8-14)9(2)16-17-10-4-6-11(7-5-10)22(15,19)20/h4-7,16-17H,3H2,1-2H3,(H2,15,19,20)/b12-9+. The largest absolute Gasteiger partial charge is 0.462 e. The number of nitrogens with two attached hydrogens (primary N) is 1. The first-order valence-corrected chi connectivity index (χ1v) is 7.77. The molecule has 1 aromatic carbocycles. The van der Waals surface area contributed by atoms with E-state index in [0.29, 0.717) is 5.69 Å². The van der Waals surface area contributed by atoms with Crippen LogP contribution in [0.15, 0.2) is 40.4 Å². The van der Waals surface area contributed by atoms with Gasteiger partial charge in [0.05, 0.1) is 22.9 Å². The maximum Gasteiger partial charge on any atom is 0.350 e. The molecule has 0 aromatic heterocycles. The summed E-state index contributed by atoms with van der Waals surface area (Å²) in [7, 11) is -3.75. The fraction of sp³-hybridized carbons (Fsp3) is 0.231. The highest BCUT2D eigenvalue weighted by molar-refractivity contribution is 7.89. The number of hydrogen-bond donors (Lipinski definition) is 3. The number of nitriles is 1. The van der Waals surface area contributed by atoms with Crippen LogP contribution in [0.2, 0.25) is 0 Å². The lowest BCUT2D eigenvalue weighted by Crippen LogP contribution is -2.23. The van der Waals surface area contributed by atoms with Gasteiger partial charge in [0.25, 0.3) is 0 Å². The number of hydrogen-bond acceptors (Lipinski definition) is 7. The minimum absolute atomic E-state index is 0.0189. The maximum absolute atomic E-state index is 11.5. The molecule has 0 radical (unpaired) electrons. The van der Waals surface area contributed by atoms with E-state index in [4.69, 9.17) is 15.1 Å². The summed E-state index contributed by atoms with van der Waals surface area (Å²) in [4.78, 5) is 11.5. The Labute approximate surface area is 128 Å². The number of benzene rings is 1. The smallest absolute Gasteiger partial charge is 0.350 e. The minimum atomic E-state index is -3.75. The van der Waals surface area contributed by atoms with Gasteiger partial charge in [-0.05, 0) is 38.1 Å². The number of ether oxygens (including phenoxy) is 1. The van der Waals surface area contributed by atoms with Gasteiger partial charge in [0, 0.05) is 0 Å². The predicted molar refractivity (Wildman–Crippen MR) is 79.5 cm³/mol. The van der Waals surface area contributed by atoms with Crippen LogP contribution < -0.4 is 16.0 Å². The molecule has 0 aliphatic rings. The van der Waals surface area contributed by atoms with Crippen LogP contribution >= 0.6 is 0 Å². The molecular weight excluding hydrogens is 308 g/mol. The van der Waals surface area contributed by atoms with Gasteiger partial charge in [0.1, 0.15) is 6.07 Å². The number of sulfonamides is 1. The number of allylic oxidation sites excluding steroid dienone is 1. The Balaban J connectivity index is 2.81. The van der Waals surface area contributed by atoms with Crippen molar-refractivity contribution in [2.24, 2.45) is 5.14 Å². The second-order valence-electron chi connectivity index (χ2n) is 4.15. The van der Waals surface area contributed by atoms with E-state index in [1.54, 1.807) is 13.0 Å². The Bertz CT molecular complexity index is 717. The van der Waals surface area contributed by atoms with Crippen molar-refractivity contribution in [3.8, 4) is 6.07 Å². The summed E-state index contributed by atoms with van der Waals surface area (Å²) < 4.78 is 27.0. The Kier molecular flexibility index (Phi) is 5.91. The average molecular weight is 324 g/mol. The van der Waals surface area contributed by atoms with Crippen LogP contribution in [-0.2, 0) is 19.6 Å². The zero-order valence-corrected chi connectivity index (χ0v) is 12.9. The van der Waals surface area contributed by atoms with Crippen molar-refractivity contribution in [1.82, 2.24) is 5.43 Å². The van der Waals surface area contributed by atoms with Crippen LogP contribution in [0.1, 0.15) is 13.8 Å². The number of carbonyl (C=O) groups excluding carboxylic acids is 1. The fourth-order valence-electron chi connectivity index (χ4n) is 1.44. The second kappa shape index (κ2) is 7.44. The molecule has 9 heteroatoms. The van der Waals surface area contributed by atoms with E-state index in [-0.39, 0.29) is 22.8 Å². The van der Waals surface area contributed by atoms with Gasteiger partial charge in [-0.2, -0.15) is 5.26 Å². The first-order chi connectivity index (χ1) is 10.3. The summed E-state index contributed by atoms with van der Waals surface area (Å²) >= 11 is 0. The van der Waals surface area contributed by atoms with E-state index in [1.165, 1.54) is 31.2 Å². The minimum Gasteiger partial charge on any atom is -0.462 e. The van der Waals surface area contributed by atoms with Gasteiger partial charge in [-0.25, -0.2) is 18.4 Å². The summed E-state index contributed by atoms with van der Waals surface area (Å²) in [6.07, 6.45) is 0. The third kappa shape index (κ3) is 4.76. The van der Waals surface area contributed by atoms with E-state index in [2.05, 4.69) is 10.9 Å². The van der Waals surface area contributed by atoms with Crippen molar-refractivity contribution in [2.75, 3.05) is 12.0 Å². The van der Waals surface area contributed by atoms with Crippen LogP contribution in [0, 0.1) is 11.3 Å². The molecule has 8 nitrogen and oxygen atoms in total. The van der Waals surface area contributed by atoms with Gasteiger partial charge in [0.2, 0.25) is 10.0 Å². The van der Waals surface area contributed by atoms with Crippen LogP contribution in [0.3, 0.4) is 0 Å². The van der Waals surface area contributed by atoms with Crippen molar-refractivity contribution in [3.05, 3.63) is 35.5 Å². The van der Waals surface area contributed by atoms with E-state index >= 15 is 0 Å². The normalized spacial score (nSPS) is 11.9. The first-order valence-electron chi connectivity index (χ1n) is 6.22. The summed E-state index contributed by atoms with van der Waals surface area (Å²) in [5.41, 5.74) is 6.04. The summed E-state index contributed by atoms with van der Waals surface area (Å²) in [5.74, 6) is -0.721. The lowest BCUT2D eigenvalue weighted by molar-refractivity contribution is -0.138. The molecule has 1 rings (SSSR count). The Morgan fingerprint density at radius 3 is 2.41 bits per heavy atom. The molecule has 0 spiro atoms. The van der Waals surface area contributed by atoms with Gasteiger partial charge in [-0.3, -0.25) is 0 Å². The lowest BCUT2D eigenvalue weighted by Gasteiger charge is -2.11. The van der Waals surface area contributed by atoms with Crippen LogP contribution in [0.5, 0.6) is 0 Å². The number of hydrazine groups is 1. The topological polar surface area (TPSA) is 134 Å². The van der Waals surface area contributed by atoms with E-state index in [1.807, 2.05) is 0 Å². The zero-order chi connectivity index (χ0) is 16.8. The van der Waals surface area contributed by atoms with E-state index < -0.39 is 16.0 Å². The van der Waals surface area contributed by atoms with E-state index in [9.17, 15) is 13.2 Å². The molecule has 0 unspecified atom stereocenters. The summed E-state index contributed by atoms with van der Waals surface area (Å²) in [6, 6.07) is 7.38. The van der Waals surface area contributed by atoms with Crippen LogP contribution in [-0.4, -0.2) is 21.0 Å². The van der Waals surface area contributed by atoms with Crippen molar-refractivity contribution in [2.45, 2.75) is 18.7 Å². The molecule has 0 aliphatic carbocycles. The highest BCUT2D eigenvalue weighted by atomic mass is 32.2. The van der Waals surface area contributed by atoms with Crippen molar-refractivity contribution < 1.29 is 17.9 Å². The molecule has 0 saturated carbocycles. The third-order valence-electron chi connectivity index (χ3n) is 2.54. The lowest BCUT2D eigenvalue weighted by atomic mass is 10.2. The zero-order valence-electron chi connectivity index (χ0n) is 12.1.